The van der Waals surface area contributed by atoms with Crippen molar-refractivity contribution in [1.82, 2.24) is 9.97 Å². The second-order valence-electron chi connectivity index (χ2n) is 5.58. The summed E-state index contributed by atoms with van der Waals surface area (Å²) < 4.78 is 107. The fraction of sp³-hybridized carbons (Fsp3) is 0.176. The van der Waals surface area contributed by atoms with Crippen molar-refractivity contribution in [3.63, 3.8) is 0 Å². The van der Waals surface area contributed by atoms with Gasteiger partial charge in [0.25, 0.3) is 6.43 Å². The molecule has 154 valence electrons. The molecule has 0 atom stereocenters. The first kappa shape index (κ1) is 21.0. The number of aromatic nitrogens is 2. The molecular formula is C17H8F8N2OS. The Bertz CT molecular complexity index is 996. The van der Waals surface area contributed by atoms with E-state index in [1.807, 2.05) is 0 Å². The predicted octanol–water partition coefficient (Wildman–Crippen LogP) is 6.97. The summed E-state index contributed by atoms with van der Waals surface area (Å²) in [6, 6.07) is 4.84. The number of thiophene rings is 1. The summed E-state index contributed by atoms with van der Waals surface area (Å²) in [6.07, 6.45) is -12.3. The SMILES string of the molecule is FC(F)c1cc(Oc2csc(C(F)(F)F)c2)nc(-c2ccc(C(F)(F)F)cc2)n1. The highest BCUT2D eigenvalue weighted by Crippen LogP contribution is 2.38. The number of hydrogen-bond donors (Lipinski definition) is 0. The molecule has 3 aromatic rings. The number of nitrogens with zero attached hydrogens (tertiary/aromatic N) is 2. The van der Waals surface area contributed by atoms with Gasteiger partial charge in [-0.05, 0) is 12.1 Å². The Kier molecular flexibility index (Phi) is 5.48. The van der Waals surface area contributed by atoms with Crippen molar-refractivity contribution in [3.05, 3.63) is 57.9 Å². The topological polar surface area (TPSA) is 35.0 Å². The minimum absolute atomic E-state index is 0.00773. The molecule has 0 aliphatic heterocycles. The Hall–Kier alpha value is -2.76. The molecule has 2 heterocycles. The first-order chi connectivity index (χ1) is 13.4. The number of alkyl halides is 8. The lowest BCUT2D eigenvalue weighted by Gasteiger charge is -2.10. The van der Waals surface area contributed by atoms with Crippen LogP contribution in [0.4, 0.5) is 35.1 Å². The number of benzene rings is 1. The lowest BCUT2D eigenvalue weighted by Crippen LogP contribution is -2.04. The Balaban J connectivity index is 1.95. The number of rotatable bonds is 4. The molecule has 0 amide bonds. The van der Waals surface area contributed by atoms with E-state index >= 15 is 0 Å². The molecule has 0 aliphatic rings. The monoisotopic (exact) mass is 440 g/mol. The molecule has 29 heavy (non-hydrogen) atoms. The van der Waals surface area contributed by atoms with E-state index in [9.17, 15) is 35.1 Å². The molecule has 12 heteroatoms. The van der Waals surface area contributed by atoms with E-state index < -0.39 is 40.8 Å². The fourth-order valence-electron chi connectivity index (χ4n) is 2.19. The van der Waals surface area contributed by atoms with Gasteiger partial charge in [-0.1, -0.05) is 12.1 Å². The second-order valence-corrected chi connectivity index (χ2v) is 6.49. The van der Waals surface area contributed by atoms with Gasteiger partial charge in [0.15, 0.2) is 5.82 Å². The highest BCUT2D eigenvalue weighted by atomic mass is 32.1. The van der Waals surface area contributed by atoms with Crippen LogP contribution in [0.25, 0.3) is 11.4 Å². The van der Waals surface area contributed by atoms with E-state index in [1.165, 1.54) is 0 Å². The van der Waals surface area contributed by atoms with E-state index in [0.717, 1.165) is 35.7 Å². The molecule has 0 radical (unpaired) electrons. The maximum atomic E-state index is 13.1. The van der Waals surface area contributed by atoms with Gasteiger partial charge in [0.05, 0.1) is 5.56 Å². The molecule has 0 saturated carbocycles. The zero-order valence-electron chi connectivity index (χ0n) is 13.9. The van der Waals surface area contributed by atoms with Gasteiger partial charge in [0.2, 0.25) is 5.88 Å². The zero-order chi connectivity index (χ0) is 21.4. The van der Waals surface area contributed by atoms with Crippen LogP contribution in [0.2, 0.25) is 0 Å². The molecular weight excluding hydrogens is 432 g/mol. The van der Waals surface area contributed by atoms with Gasteiger partial charge in [0, 0.05) is 23.1 Å². The van der Waals surface area contributed by atoms with Crippen molar-refractivity contribution in [2.24, 2.45) is 0 Å². The Morgan fingerprint density at radius 1 is 0.862 bits per heavy atom. The second kappa shape index (κ2) is 7.58. The number of hydrogen-bond acceptors (Lipinski definition) is 4. The van der Waals surface area contributed by atoms with Crippen molar-refractivity contribution >= 4 is 11.3 Å². The average molecular weight is 440 g/mol. The summed E-state index contributed by atoms with van der Waals surface area (Å²) in [5.74, 6) is -1.12. The molecule has 3 nitrogen and oxygen atoms in total. The van der Waals surface area contributed by atoms with Gasteiger partial charge in [-0.15, -0.1) is 11.3 Å². The molecule has 0 bridgehead atoms. The molecule has 3 rings (SSSR count). The van der Waals surface area contributed by atoms with Crippen LogP contribution in [0.5, 0.6) is 11.6 Å². The third kappa shape index (κ3) is 5.00. The molecule has 0 aliphatic carbocycles. The van der Waals surface area contributed by atoms with Crippen LogP contribution in [0.1, 0.15) is 22.6 Å². The third-order valence-corrected chi connectivity index (χ3v) is 4.45. The lowest BCUT2D eigenvalue weighted by atomic mass is 10.1. The Morgan fingerprint density at radius 3 is 2.03 bits per heavy atom. The normalized spacial score (nSPS) is 12.4. The van der Waals surface area contributed by atoms with Crippen LogP contribution >= 0.6 is 11.3 Å². The van der Waals surface area contributed by atoms with Gasteiger partial charge in [-0.2, -0.15) is 31.3 Å². The predicted molar refractivity (Wildman–Crippen MR) is 86.8 cm³/mol. The van der Waals surface area contributed by atoms with E-state index in [4.69, 9.17) is 4.74 Å². The van der Waals surface area contributed by atoms with Gasteiger partial charge in [0.1, 0.15) is 16.3 Å². The largest absolute Gasteiger partial charge is 0.438 e. The van der Waals surface area contributed by atoms with Crippen molar-refractivity contribution in [2.75, 3.05) is 0 Å². The summed E-state index contributed by atoms with van der Waals surface area (Å²) in [5.41, 5.74) is -1.76. The fourth-order valence-corrected chi connectivity index (χ4v) is 2.86. The molecule has 1 aromatic carbocycles. The van der Waals surface area contributed by atoms with Gasteiger partial charge in [-0.25, -0.2) is 13.8 Å². The number of ether oxygens (including phenoxy) is 1. The lowest BCUT2D eigenvalue weighted by molar-refractivity contribution is -0.137. The standard InChI is InChI=1S/C17H8F8N2OS/c18-14(19)11-6-13(28-10-5-12(29-7-10)17(23,24)25)27-15(26-11)8-1-3-9(4-2-8)16(20,21)22/h1-7,14H. The van der Waals surface area contributed by atoms with Crippen LogP contribution in [0.15, 0.2) is 41.8 Å². The maximum Gasteiger partial charge on any atom is 0.425 e. The molecule has 0 fully saturated rings. The van der Waals surface area contributed by atoms with E-state index in [1.54, 1.807) is 0 Å². The molecule has 0 unspecified atom stereocenters. The van der Waals surface area contributed by atoms with Gasteiger partial charge in [-0.3, -0.25) is 0 Å². The van der Waals surface area contributed by atoms with Crippen molar-refractivity contribution in [1.29, 1.82) is 0 Å². The first-order valence-corrected chi connectivity index (χ1v) is 8.50. The Morgan fingerprint density at radius 2 is 1.52 bits per heavy atom. The quantitative estimate of drug-likeness (QED) is 0.411. The maximum absolute atomic E-state index is 13.1. The molecule has 0 spiro atoms. The van der Waals surface area contributed by atoms with Crippen molar-refractivity contribution in [2.45, 2.75) is 18.8 Å². The minimum atomic E-state index is -4.60. The van der Waals surface area contributed by atoms with E-state index in [2.05, 4.69) is 9.97 Å². The number of halogens is 8. The third-order valence-electron chi connectivity index (χ3n) is 3.49. The van der Waals surface area contributed by atoms with E-state index in [-0.39, 0.29) is 17.1 Å². The van der Waals surface area contributed by atoms with Gasteiger partial charge >= 0.3 is 12.4 Å². The van der Waals surface area contributed by atoms with Crippen molar-refractivity contribution < 1.29 is 39.9 Å². The summed E-state index contributed by atoms with van der Waals surface area (Å²) in [7, 11) is 0. The van der Waals surface area contributed by atoms with Crippen molar-refractivity contribution in [3.8, 4) is 23.0 Å². The summed E-state index contributed by atoms with van der Waals surface area (Å²) in [5, 5.41) is 1.02. The van der Waals surface area contributed by atoms with Crippen LogP contribution in [0, 0.1) is 0 Å². The zero-order valence-corrected chi connectivity index (χ0v) is 14.7. The van der Waals surface area contributed by atoms with Crippen LogP contribution in [0.3, 0.4) is 0 Å². The summed E-state index contributed by atoms with van der Waals surface area (Å²) >= 11 is 0.343. The smallest absolute Gasteiger partial charge is 0.425 e. The average Bonchev–Trinajstić information content (AvgIpc) is 3.09. The van der Waals surface area contributed by atoms with Crippen LogP contribution in [-0.2, 0) is 12.4 Å². The minimum Gasteiger partial charge on any atom is -0.438 e. The molecule has 0 N–H and O–H groups in total. The summed E-state index contributed by atoms with van der Waals surface area (Å²) in [4.78, 5) is 6.44. The van der Waals surface area contributed by atoms with E-state index in [0.29, 0.717) is 17.4 Å². The molecule has 2 aromatic heterocycles. The Labute approximate surface area is 161 Å². The first-order valence-electron chi connectivity index (χ1n) is 7.62. The van der Waals surface area contributed by atoms with Crippen LogP contribution in [-0.4, -0.2) is 9.97 Å². The highest BCUT2D eigenvalue weighted by molar-refractivity contribution is 7.10. The summed E-state index contributed by atoms with van der Waals surface area (Å²) in [6.45, 7) is 0. The molecule has 0 saturated heterocycles. The van der Waals surface area contributed by atoms with Crippen LogP contribution < -0.4 is 4.74 Å². The highest BCUT2D eigenvalue weighted by Gasteiger charge is 2.33. The van der Waals surface area contributed by atoms with Gasteiger partial charge < -0.3 is 4.74 Å².